The first-order valence-corrected chi connectivity index (χ1v) is 8.32. The topological polar surface area (TPSA) is 70.7 Å². The van der Waals surface area contributed by atoms with Gasteiger partial charge in [-0.25, -0.2) is 0 Å². The Kier molecular flexibility index (Phi) is 4.65. The molecule has 3 aromatic rings. The van der Waals surface area contributed by atoms with Crippen LogP contribution in [0.4, 0.5) is 0 Å². The van der Waals surface area contributed by atoms with Crippen molar-refractivity contribution < 1.29 is 4.79 Å². The highest BCUT2D eigenvalue weighted by atomic mass is 79.9. The number of aromatic amines is 1. The van der Waals surface area contributed by atoms with Crippen LogP contribution in [0.25, 0.3) is 10.6 Å². The van der Waals surface area contributed by atoms with Gasteiger partial charge in [-0.3, -0.25) is 14.9 Å². The molecule has 22 heavy (non-hydrogen) atoms. The number of H-pyrrole nitrogens is 1. The number of hydrogen-bond donors (Lipinski definition) is 2. The van der Waals surface area contributed by atoms with E-state index in [1.54, 1.807) is 23.6 Å². The molecule has 0 aliphatic carbocycles. The Hall–Kier alpha value is -1.99. The van der Waals surface area contributed by atoms with Gasteiger partial charge in [0, 0.05) is 24.9 Å². The molecule has 0 spiro atoms. The van der Waals surface area contributed by atoms with Crippen LogP contribution in [-0.2, 0) is 6.42 Å². The van der Waals surface area contributed by atoms with E-state index >= 15 is 0 Å². The predicted octanol–water partition coefficient (Wildman–Crippen LogP) is 3.27. The SMILES string of the molecule is O=C(NCCc1ccccn1)c1cc(-c2ccc(Br)s2)[nH]n1. The maximum atomic E-state index is 12.1. The Morgan fingerprint density at radius 2 is 2.23 bits per heavy atom. The summed E-state index contributed by atoms with van der Waals surface area (Å²) < 4.78 is 1.04. The van der Waals surface area contributed by atoms with Gasteiger partial charge in [0.25, 0.3) is 5.91 Å². The van der Waals surface area contributed by atoms with Gasteiger partial charge < -0.3 is 5.32 Å². The van der Waals surface area contributed by atoms with E-state index < -0.39 is 0 Å². The number of halogens is 1. The van der Waals surface area contributed by atoms with E-state index in [2.05, 4.69) is 36.4 Å². The zero-order chi connectivity index (χ0) is 15.4. The number of nitrogens with zero attached hydrogens (tertiary/aromatic N) is 2. The maximum Gasteiger partial charge on any atom is 0.271 e. The highest BCUT2D eigenvalue weighted by Crippen LogP contribution is 2.30. The second-order valence-electron chi connectivity index (χ2n) is 4.60. The summed E-state index contributed by atoms with van der Waals surface area (Å²) in [6.07, 6.45) is 2.44. The highest BCUT2D eigenvalue weighted by Gasteiger charge is 2.12. The monoisotopic (exact) mass is 376 g/mol. The lowest BCUT2D eigenvalue weighted by molar-refractivity contribution is 0.0949. The molecule has 0 atom stereocenters. The van der Waals surface area contributed by atoms with E-state index in [1.807, 2.05) is 30.3 Å². The normalized spacial score (nSPS) is 10.6. The van der Waals surface area contributed by atoms with Crippen molar-refractivity contribution in [3.05, 3.63) is 57.8 Å². The van der Waals surface area contributed by atoms with Crippen LogP contribution >= 0.6 is 27.3 Å². The van der Waals surface area contributed by atoms with Crippen molar-refractivity contribution in [2.45, 2.75) is 6.42 Å². The summed E-state index contributed by atoms with van der Waals surface area (Å²) in [6.45, 7) is 0.530. The van der Waals surface area contributed by atoms with Crippen molar-refractivity contribution in [1.82, 2.24) is 20.5 Å². The van der Waals surface area contributed by atoms with Crippen LogP contribution in [0.1, 0.15) is 16.2 Å². The van der Waals surface area contributed by atoms with Gasteiger partial charge in [-0.05, 0) is 46.3 Å². The molecule has 5 nitrogen and oxygen atoms in total. The third-order valence-corrected chi connectivity index (χ3v) is 4.70. The lowest BCUT2D eigenvalue weighted by Gasteiger charge is -2.02. The van der Waals surface area contributed by atoms with Crippen LogP contribution in [0.2, 0.25) is 0 Å². The van der Waals surface area contributed by atoms with Gasteiger partial charge in [0.05, 0.1) is 14.4 Å². The summed E-state index contributed by atoms with van der Waals surface area (Å²) in [7, 11) is 0. The average Bonchev–Trinajstić information content (AvgIpc) is 3.17. The standard InChI is InChI=1S/C15H13BrN4OS/c16-14-5-4-13(22-14)11-9-12(20-19-11)15(21)18-8-6-10-3-1-2-7-17-10/h1-5,7,9H,6,8H2,(H,18,21)(H,19,20). The van der Waals surface area contributed by atoms with E-state index in [4.69, 9.17) is 0 Å². The van der Waals surface area contributed by atoms with Gasteiger partial charge in [0.15, 0.2) is 5.69 Å². The molecule has 0 bridgehead atoms. The summed E-state index contributed by atoms with van der Waals surface area (Å²) in [5, 5.41) is 9.81. The van der Waals surface area contributed by atoms with Crippen molar-refractivity contribution in [1.29, 1.82) is 0 Å². The Bertz CT molecular complexity index is 769. The van der Waals surface area contributed by atoms with Crippen LogP contribution in [0, 0.1) is 0 Å². The van der Waals surface area contributed by atoms with Crippen LogP contribution in [0.3, 0.4) is 0 Å². The molecule has 3 aromatic heterocycles. The number of nitrogens with one attached hydrogen (secondary N) is 2. The highest BCUT2D eigenvalue weighted by molar-refractivity contribution is 9.11. The van der Waals surface area contributed by atoms with Crippen molar-refractivity contribution in [3.8, 4) is 10.6 Å². The third-order valence-electron chi connectivity index (χ3n) is 3.04. The Balaban J connectivity index is 1.58. The number of rotatable bonds is 5. The Morgan fingerprint density at radius 3 is 2.95 bits per heavy atom. The van der Waals surface area contributed by atoms with Crippen LogP contribution in [0.15, 0.2) is 46.4 Å². The van der Waals surface area contributed by atoms with Crippen molar-refractivity contribution in [3.63, 3.8) is 0 Å². The molecule has 0 saturated carbocycles. The fourth-order valence-electron chi connectivity index (χ4n) is 1.96. The first-order chi connectivity index (χ1) is 10.7. The molecule has 0 aromatic carbocycles. The van der Waals surface area contributed by atoms with Gasteiger partial charge in [-0.15, -0.1) is 11.3 Å². The van der Waals surface area contributed by atoms with E-state index in [1.165, 1.54) is 0 Å². The Morgan fingerprint density at radius 1 is 1.32 bits per heavy atom. The largest absolute Gasteiger partial charge is 0.350 e. The van der Waals surface area contributed by atoms with Crippen LogP contribution < -0.4 is 5.32 Å². The van der Waals surface area contributed by atoms with Gasteiger partial charge in [0.2, 0.25) is 0 Å². The number of aromatic nitrogens is 3. The number of hydrogen-bond acceptors (Lipinski definition) is 4. The first kappa shape index (κ1) is 14.9. The van der Waals surface area contributed by atoms with E-state index in [-0.39, 0.29) is 5.91 Å². The van der Waals surface area contributed by atoms with Crippen LogP contribution in [0.5, 0.6) is 0 Å². The fourth-order valence-corrected chi connectivity index (χ4v) is 3.32. The van der Waals surface area contributed by atoms with E-state index in [0.29, 0.717) is 18.7 Å². The van der Waals surface area contributed by atoms with E-state index in [9.17, 15) is 4.79 Å². The Labute approximate surface area is 139 Å². The number of carbonyl (C=O) groups excluding carboxylic acids is 1. The summed E-state index contributed by atoms with van der Waals surface area (Å²) in [4.78, 5) is 17.3. The van der Waals surface area contributed by atoms with Gasteiger partial charge in [0.1, 0.15) is 0 Å². The van der Waals surface area contributed by atoms with Crippen LogP contribution in [-0.4, -0.2) is 27.6 Å². The lowest BCUT2D eigenvalue weighted by Crippen LogP contribution is -2.26. The molecule has 0 unspecified atom stereocenters. The zero-order valence-electron chi connectivity index (χ0n) is 11.5. The molecule has 3 rings (SSSR count). The summed E-state index contributed by atoms with van der Waals surface area (Å²) in [5.74, 6) is -0.186. The second kappa shape index (κ2) is 6.85. The fraction of sp³-hybridized carbons (Fsp3) is 0.133. The minimum atomic E-state index is -0.186. The molecule has 112 valence electrons. The molecule has 3 heterocycles. The molecule has 2 N–H and O–H groups in total. The molecule has 0 aliphatic rings. The molecular weight excluding hydrogens is 364 g/mol. The molecule has 0 saturated heterocycles. The first-order valence-electron chi connectivity index (χ1n) is 6.71. The maximum absolute atomic E-state index is 12.1. The molecule has 0 fully saturated rings. The third kappa shape index (κ3) is 3.61. The number of amides is 1. The smallest absolute Gasteiger partial charge is 0.271 e. The molecule has 1 amide bonds. The second-order valence-corrected chi connectivity index (χ2v) is 7.06. The minimum absolute atomic E-state index is 0.186. The van der Waals surface area contributed by atoms with Gasteiger partial charge in [-0.1, -0.05) is 6.07 Å². The van der Waals surface area contributed by atoms with E-state index in [0.717, 1.165) is 20.1 Å². The number of thiophene rings is 1. The zero-order valence-corrected chi connectivity index (χ0v) is 13.9. The van der Waals surface area contributed by atoms with Gasteiger partial charge >= 0.3 is 0 Å². The summed E-state index contributed by atoms with van der Waals surface area (Å²) in [6, 6.07) is 11.4. The van der Waals surface area contributed by atoms with Crippen molar-refractivity contribution in [2.24, 2.45) is 0 Å². The summed E-state index contributed by atoms with van der Waals surface area (Å²) in [5.41, 5.74) is 2.18. The van der Waals surface area contributed by atoms with Crippen molar-refractivity contribution >= 4 is 33.2 Å². The number of carbonyl (C=O) groups is 1. The van der Waals surface area contributed by atoms with Crippen molar-refractivity contribution in [2.75, 3.05) is 6.54 Å². The average molecular weight is 377 g/mol. The number of pyridine rings is 1. The molecule has 7 heteroatoms. The molecular formula is C15H13BrN4OS. The molecule has 0 aliphatic heterocycles. The molecule has 0 radical (unpaired) electrons. The minimum Gasteiger partial charge on any atom is -0.350 e. The predicted molar refractivity (Wildman–Crippen MR) is 89.9 cm³/mol. The summed E-state index contributed by atoms with van der Waals surface area (Å²) >= 11 is 5.01. The quantitative estimate of drug-likeness (QED) is 0.717. The lowest BCUT2D eigenvalue weighted by atomic mass is 10.2. The van der Waals surface area contributed by atoms with Gasteiger partial charge in [-0.2, -0.15) is 5.10 Å².